The highest BCUT2D eigenvalue weighted by atomic mass is 15.3. The molecular weight excluding hydrogens is 138 g/mol. The first kappa shape index (κ1) is 7.85. The standard InChI is InChI=1S/C8H13N3/c1-4-6(2)11-5-8(9)7(3)10-11/h4-5H,9H2,1-3H3. The van der Waals surface area contributed by atoms with Crippen molar-refractivity contribution in [2.75, 3.05) is 5.73 Å². The fraction of sp³-hybridized carbons (Fsp3) is 0.375. The molecule has 1 aromatic rings. The molecule has 0 atom stereocenters. The third kappa shape index (κ3) is 1.42. The van der Waals surface area contributed by atoms with Gasteiger partial charge in [-0.1, -0.05) is 6.08 Å². The minimum atomic E-state index is 0.742. The molecule has 3 heteroatoms. The van der Waals surface area contributed by atoms with Gasteiger partial charge in [-0.05, 0) is 20.8 Å². The number of hydrogen-bond donors (Lipinski definition) is 1. The summed E-state index contributed by atoms with van der Waals surface area (Å²) in [6.45, 7) is 5.86. The van der Waals surface area contributed by atoms with Crippen LogP contribution in [0.2, 0.25) is 0 Å². The molecule has 0 amide bonds. The molecule has 0 saturated heterocycles. The fourth-order valence-electron chi connectivity index (χ4n) is 0.786. The van der Waals surface area contributed by atoms with Gasteiger partial charge in [0, 0.05) is 5.70 Å². The van der Waals surface area contributed by atoms with Gasteiger partial charge in [-0.2, -0.15) is 5.10 Å². The summed E-state index contributed by atoms with van der Waals surface area (Å²) in [5.41, 5.74) is 8.33. The van der Waals surface area contributed by atoms with Crippen molar-refractivity contribution in [1.29, 1.82) is 0 Å². The third-order valence-corrected chi connectivity index (χ3v) is 1.72. The molecule has 0 aliphatic rings. The van der Waals surface area contributed by atoms with Crippen molar-refractivity contribution in [3.8, 4) is 0 Å². The van der Waals surface area contributed by atoms with Crippen LogP contribution in [0.3, 0.4) is 0 Å². The summed E-state index contributed by atoms with van der Waals surface area (Å²) in [4.78, 5) is 0. The molecule has 0 saturated carbocycles. The highest BCUT2D eigenvalue weighted by Gasteiger charge is 1.99. The molecule has 60 valence electrons. The molecule has 0 fully saturated rings. The van der Waals surface area contributed by atoms with Crippen LogP contribution in [-0.2, 0) is 0 Å². The number of aryl methyl sites for hydroxylation is 1. The number of rotatable bonds is 1. The van der Waals surface area contributed by atoms with Crippen LogP contribution in [0.15, 0.2) is 12.3 Å². The van der Waals surface area contributed by atoms with Gasteiger partial charge in [0.15, 0.2) is 0 Å². The van der Waals surface area contributed by atoms with Crippen molar-refractivity contribution < 1.29 is 0 Å². The first-order valence-electron chi connectivity index (χ1n) is 3.60. The van der Waals surface area contributed by atoms with Crippen LogP contribution in [-0.4, -0.2) is 9.78 Å². The Hall–Kier alpha value is -1.25. The number of nitrogens with two attached hydrogens (primary N) is 1. The smallest absolute Gasteiger partial charge is 0.0827 e. The van der Waals surface area contributed by atoms with Crippen molar-refractivity contribution >= 4 is 11.4 Å². The van der Waals surface area contributed by atoms with Gasteiger partial charge in [-0.15, -0.1) is 0 Å². The van der Waals surface area contributed by atoms with E-state index in [2.05, 4.69) is 5.10 Å². The summed E-state index contributed by atoms with van der Waals surface area (Å²) in [5.74, 6) is 0. The Kier molecular flexibility index (Phi) is 1.98. The highest BCUT2D eigenvalue weighted by Crippen LogP contribution is 2.10. The zero-order valence-corrected chi connectivity index (χ0v) is 7.13. The van der Waals surface area contributed by atoms with Gasteiger partial charge >= 0.3 is 0 Å². The van der Waals surface area contributed by atoms with Crippen molar-refractivity contribution in [3.05, 3.63) is 18.0 Å². The van der Waals surface area contributed by atoms with Crippen molar-refractivity contribution in [2.45, 2.75) is 20.8 Å². The lowest BCUT2D eigenvalue weighted by Crippen LogP contribution is -1.93. The molecule has 0 bridgehead atoms. The van der Waals surface area contributed by atoms with Crippen molar-refractivity contribution in [3.63, 3.8) is 0 Å². The topological polar surface area (TPSA) is 43.8 Å². The zero-order valence-electron chi connectivity index (χ0n) is 7.13. The van der Waals surface area contributed by atoms with Crippen LogP contribution in [0.1, 0.15) is 19.5 Å². The van der Waals surface area contributed by atoms with Gasteiger partial charge in [0.2, 0.25) is 0 Å². The molecule has 0 unspecified atom stereocenters. The Labute approximate surface area is 66.5 Å². The van der Waals surface area contributed by atoms with E-state index >= 15 is 0 Å². The van der Waals surface area contributed by atoms with E-state index in [1.807, 2.05) is 33.0 Å². The lowest BCUT2D eigenvalue weighted by molar-refractivity contribution is 0.875. The van der Waals surface area contributed by atoms with Crippen molar-refractivity contribution in [2.24, 2.45) is 0 Å². The van der Waals surface area contributed by atoms with Crippen LogP contribution >= 0.6 is 0 Å². The average Bonchev–Trinajstić information content (AvgIpc) is 2.31. The summed E-state index contributed by atoms with van der Waals surface area (Å²) >= 11 is 0. The summed E-state index contributed by atoms with van der Waals surface area (Å²) in [6, 6.07) is 0. The number of hydrogen-bond acceptors (Lipinski definition) is 2. The number of nitrogen functional groups attached to an aromatic ring is 1. The lowest BCUT2D eigenvalue weighted by Gasteiger charge is -1.96. The van der Waals surface area contributed by atoms with Crippen LogP contribution in [0, 0.1) is 6.92 Å². The molecule has 1 heterocycles. The molecule has 2 N–H and O–H groups in total. The maximum atomic E-state index is 5.62. The van der Waals surface area contributed by atoms with E-state index in [4.69, 9.17) is 5.73 Å². The Morgan fingerprint density at radius 2 is 2.36 bits per heavy atom. The SMILES string of the molecule is CC=C(C)n1cc(N)c(C)n1. The Bertz CT molecular complexity index is 264. The molecule has 0 aliphatic carbocycles. The van der Waals surface area contributed by atoms with Gasteiger partial charge in [0.1, 0.15) is 0 Å². The monoisotopic (exact) mass is 151 g/mol. The quantitative estimate of drug-likeness (QED) is 0.663. The van der Waals surface area contributed by atoms with Crippen LogP contribution in [0.25, 0.3) is 5.70 Å². The fourth-order valence-corrected chi connectivity index (χ4v) is 0.786. The molecule has 0 spiro atoms. The molecule has 1 rings (SSSR count). The number of allylic oxidation sites excluding steroid dienone is 2. The van der Waals surface area contributed by atoms with Gasteiger partial charge in [-0.3, -0.25) is 0 Å². The van der Waals surface area contributed by atoms with E-state index in [1.165, 1.54) is 0 Å². The Morgan fingerprint density at radius 1 is 1.73 bits per heavy atom. The summed E-state index contributed by atoms with van der Waals surface area (Å²) in [5, 5.41) is 4.20. The minimum absolute atomic E-state index is 0.742. The second kappa shape index (κ2) is 2.78. The minimum Gasteiger partial charge on any atom is -0.396 e. The largest absolute Gasteiger partial charge is 0.396 e. The number of nitrogens with zero attached hydrogens (tertiary/aromatic N) is 2. The van der Waals surface area contributed by atoms with Gasteiger partial charge in [0.05, 0.1) is 17.6 Å². The normalized spacial score (nSPS) is 12.1. The molecule has 0 radical (unpaired) electrons. The molecule has 0 aliphatic heterocycles. The van der Waals surface area contributed by atoms with Gasteiger partial charge < -0.3 is 5.73 Å². The van der Waals surface area contributed by atoms with E-state index in [9.17, 15) is 0 Å². The van der Waals surface area contributed by atoms with Crippen molar-refractivity contribution in [1.82, 2.24) is 9.78 Å². The van der Waals surface area contributed by atoms with Crippen LogP contribution in [0.5, 0.6) is 0 Å². The van der Waals surface area contributed by atoms with E-state index < -0.39 is 0 Å². The van der Waals surface area contributed by atoms with E-state index in [-0.39, 0.29) is 0 Å². The summed E-state index contributed by atoms with van der Waals surface area (Å²) in [6.07, 6.45) is 3.82. The first-order valence-corrected chi connectivity index (χ1v) is 3.60. The molecule has 11 heavy (non-hydrogen) atoms. The van der Waals surface area contributed by atoms with E-state index in [0.29, 0.717) is 0 Å². The number of aromatic nitrogens is 2. The average molecular weight is 151 g/mol. The van der Waals surface area contributed by atoms with Gasteiger partial charge in [-0.25, -0.2) is 4.68 Å². The van der Waals surface area contributed by atoms with E-state index in [1.54, 1.807) is 4.68 Å². The molecule has 0 aromatic carbocycles. The zero-order chi connectivity index (χ0) is 8.43. The van der Waals surface area contributed by atoms with E-state index in [0.717, 1.165) is 17.1 Å². The summed E-state index contributed by atoms with van der Waals surface area (Å²) < 4.78 is 1.78. The Balaban J connectivity index is 3.07. The highest BCUT2D eigenvalue weighted by molar-refractivity contribution is 5.47. The van der Waals surface area contributed by atoms with Crippen LogP contribution < -0.4 is 5.73 Å². The van der Waals surface area contributed by atoms with Crippen LogP contribution in [0.4, 0.5) is 5.69 Å². The Morgan fingerprint density at radius 3 is 2.73 bits per heavy atom. The lowest BCUT2D eigenvalue weighted by atomic mass is 10.4. The number of anilines is 1. The predicted molar refractivity (Wildman–Crippen MR) is 47.0 cm³/mol. The maximum absolute atomic E-state index is 5.62. The second-order valence-electron chi connectivity index (χ2n) is 2.54. The van der Waals surface area contributed by atoms with Gasteiger partial charge in [0.25, 0.3) is 0 Å². The second-order valence-corrected chi connectivity index (χ2v) is 2.54. The molecule has 3 nitrogen and oxygen atoms in total. The maximum Gasteiger partial charge on any atom is 0.0827 e. The predicted octanol–water partition coefficient (Wildman–Crippen LogP) is 1.65. The third-order valence-electron chi connectivity index (χ3n) is 1.72. The molecular formula is C8H13N3. The first-order chi connectivity index (χ1) is 5.15. The molecule has 1 aromatic heterocycles. The summed E-state index contributed by atoms with van der Waals surface area (Å²) in [7, 11) is 0.